The minimum atomic E-state index is -4.32. The molecule has 0 amide bonds. The minimum Gasteiger partial charge on any atom is -0.316 e. The van der Waals surface area contributed by atoms with Gasteiger partial charge in [0.1, 0.15) is 0 Å². The summed E-state index contributed by atoms with van der Waals surface area (Å²) in [4.78, 5) is 0. The summed E-state index contributed by atoms with van der Waals surface area (Å²) < 4.78 is 40.4. The summed E-state index contributed by atoms with van der Waals surface area (Å²) in [5, 5.41) is 3.04. The maximum atomic E-state index is 13.5. The summed E-state index contributed by atoms with van der Waals surface area (Å²) in [6, 6.07) is 12.6. The summed E-state index contributed by atoms with van der Waals surface area (Å²) in [6.07, 6.45) is -1.54. The molecule has 4 heteroatoms. The number of alkyl halides is 3. The standard InChI is InChI=1S/C20H22F3N/c1-14-10-15(2)12-18(11-14)19(20(21,22)23)9-8-16-4-6-17(7-5-16)13-24-3/h4-12,19,24H,13H2,1-3H3/b9-8+. The lowest BCUT2D eigenvalue weighted by Crippen LogP contribution is -2.19. The fourth-order valence-corrected chi connectivity index (χ4v) is 2.76. The van der Waals surface area contributed by atoms with Gasteiger partial charge in [-0.1, -0.05) is 65.7 Å². The number of rotatable bonds is 5. The lowest BCUT2D eigenvalue weighted by atomic mass is 9.94. The fourth-order valence-electron chi connectivity index (χ4n) is 2.76. The van der Waals surface area contributed by atoms with Crippen LogP contribution < -0.4 is 5.32 Å². The second-order valence-corrected chi connectivity index (χ2v) is 6.07. The van der Waals surface area contributed by atoms with Crippen LogP contribution in [0.15, 0.2) is 48.5 Å². The molecule has 0 fully saturated rings. The monoisotopic (exact) mass is 333 g/mol. The average molecular weight is 333 g/mol. The summed E-state index contributed by atoms with van der Waals surface area (Å²) in [5.41, 5.74) is 3.81. The van der Waals surface area contributed by atoms with Crippen LogP contribution in [0.4, 0.5) is 13.2 Å². The minimum absolute atomic E-state index is 0.281. The van der Waals surface area contributed by atoms with E-state index >= 15 is 0 Å². The molecule has 2 rings (SSSR count). The van der Waals surface area contributed by atoms with Crippen LogP contribution in [-0.4, -0.2) is 13.2 Å². The molecule has 0 radical (unpaired) electrons. The largest absolute Gasteiger partial charge is 0.399 e. The van der Waals surface area contributed by atoms with E-state index in [0.717, 1.165) is 28.8 Å². The molecule has 2 aromatic carbocycles. The Hall–Kier alpha value is -2.07. The highest BCUT2D eigenvalue weighted by atomic mass is 19.4. The van der Waals surface area contributed by atoms with Crippen molar-refractivity contribution in [1.29, 1.82) is 0 Å². The second kappa shape index (κ2) is 7.67. The smallest absolute Gasteiger partial charge is 0.316 e. The van der Waals surface area contributed by atoms with Crippen LogP contribution in [0.5, 0.6) is 0 Å². The van der Waals surface area contributed by atoms with Crippen LogP contribution in [0.3, 0.4) is 0 Å². The van der Waals surface area contributed by atoms with E-state index in [1.165, 1.54) is 6.08 Å². The molecule has 0 bridgehead atoms. The number of hydrogen-bond donors (Lipinski definition) is 1. The fraction of sp³-hybridized carbons (Fsp3) is 0.300. The highest BCUT2D eigenvalue weighted by Gasteiger charge is 2.38. The number of allylic oxidation sites excluding steroid dienone is 1. The van der Waals surface area contributed by atoms with Crippen molar-refractivity contribution in [2.45, 2.75) is 32.5 Å². The first-order valence-corrected chi connectivity index (χ1v) is 7.86. The molecule has 1 atom stereocenters. The molecule has 128 valence electrons. The number of aryl methyl sites for hydroxylation is 2. The summed E-state index contributed by atoms with van der Waals surface area (Å²) in [5.74, 6) is -1.60. The Morgan fingerprint density at radius 3 is 2.08 bits per heavy atom. The first kappa shape index (κ1) is 18.3. The molecule has 0 saturated carbocycles. The van der Waals surface area contributed by atoms with Gasteiger partial charge in [-0.25, -0.2) is 0 Å². The molecule has 0 aromatic heterocycles. The van der Waals surface area contributed by atoms with Crippen molar-refractivity contribution in [3.05, 3.63) is 76.4 Å². The van der Waals surface area contributed by atoms with E-state index in [4.69, 9.17) is 0 Å². The highest BCUT2D eigenvalue weighted by molar-refractivity contribution is 5.52. The van der Waals surface area contributed by atoms with E-state index in [9.17, 15) is 13.2 Å². The number of halogens is 3. The van der Waals surface area contributed by atoms with Gasteiger partial charge in [-0.05, 0) is 37.6 Å². The van der Waals surface area contributed by atoms with E-state index in [1.807, 2.05) is 51.2 Å². The van der Waals surface area contributed by atoms with E-state index in [1.54, 1.807) is 18.2 Å². The van der Waals surface area contributed by atoms with Crippen LogP contribution in [0.1, 0.15) is 33.7 Å². The summed E-state index contributed by atoms with van der Waals surface area (Å²) in [7, 11) is 1.85. The number of hydrogen-bond acceptors (Lipinski definition) is 1. The predicted molar refractivity (Wildman–Crippen MR) is 93.0 cm³/mol. The maximum absolute atomic E-state index is 13.5. The summed E-state index contributed by atoms with van der Waals surface area (Å²) >= 11 is 0. The van der Waals surface area contributed by atoms with Gasteiger partial charge in [-0.3, -0.25) is 0 Å². The zero-order valence-corrected chi connectivity index (χ0v) is 14.1. The van der Waals surface area contributed by atoms with Crippen molar-refractivity contribution in [3.8, 4) is 0 Å². The molecule has 0 aliphatic heterocycles. The molecular weight excluding hydrogens is 311 g/mol. The maximum Gasteiger partial charge on any atom is 0.399 e. The molecule has 0 heterocycles. The first-order valence-electron chi connectivity index (χ1n) is 7.86. The van der Waals surface area contributed by atoms with E-state index < -0.39 is 12.1 Å². The van der Waals surface area contributed by atoms with E-state index in [2.05, 4.69) is 5.32 Å². The molecule has 1 nitrogen and oxygen atoms in total. The predicted octanol–water partition coefficient (Wildman–Crippen LogP) is 5.38. The van der Waals surface area contributed by atoms with Crippen molar-refractivity contribution in [2.75, 3.05) is 7.05 Å². The molecule has 1 N–H and O–H groups in total. The number of nitrogens with one attached hydrogen (secondary N) is 1. The van der Waals surface area contributed by atoms with Gasteiger partial charge in [0.15, 0.2) is 0 Å². The van der Waals surface area contributed by atoms with Crippen LogP contribution in [0, 0.1) is 13.8 Å². The zero-order valence-electron chi connectivity index (χ0n) is 14.1. The topological polar surface area (TPSA) is 12.0 Å². The van der Waals surface area contributed by atoms with Gasteiger partial charge in [-0.2, -0.15) is 13.2 Å². The molecule has 0 aliphatic carbocycles. The van der Waals surface area contributed by atoms with Gasteiger partial charge in [0.25, 0.3) is 0 Å². The van der Waals surface area contributed by atoms with Gasteiger partial charge in [0.05, 0.1) is 5.92 Å². The first-order chi connectivity index (χ1) is 11.3. The van der Waals surface area contributed by atoms with Crippen molar-refractivity contribution in [3.63, 3.8) is 0 Å². The Bertz CT molecular complexity index is 680. The van der Waals surface area contributed by atoms with E-state index in [0.29, 0.717) is 0 Å². The van der Waals surface area contributed by atoms with Crippen molar-refractivity contribution in [1.82, 2.24) is 5.32 Å². The van der Waals surface area contributed by atoms with Gasteiger partial charge in [0, 0.05) is 6.54 Å². The van der Waals surface area contributed by atoms with Crippen molar-refractivity contribution < 1.29 is 13.2 Å². The third kappa shape index (κ3) is 4.96. The Labute approximate surface area is 141 Å². The third-order valence-electron chi connectivity index (χ3n) is 3.80. The Morgan fingerprint density at radius 1 is 1.00 bits per heavy atom. The molecule has 24 heavy (non-hydrogen) atoms. The normalized spacial score (nSPS) is 13.4. The molecule has 0 spiro atoms. The Kier molecular flexibility index (Phi) is 5.84. The van der Waals surface area contributed by atoms with Gasteiger partial charge >= 0.3 is 6.18 Å². The molecular formula is C20H22F3N. The average Bonchev–Trinajstić information content (AvgIpc) is 2.47. The lowest BCUT2D eigenvalue weighted by Gasteiger charge is -2.18. The quantitative estimate of drug-likeness (QED) is 0.774. The molecule has 0 aliphatic rings. The van der Waals surface area contributed by atoms with Crippen LogP contribution in [0.2, 0.25) is 0 Å². The SMILES string of the molecule is CNCc1ccc(/C=C/C(c2cc(C)cc(C)c2)C(F)(F)F)cc1. The highest BCUT2D eigenvalue weighted by Crippen LogP contribution is 2.37. The van der Waals surface area contributed by atoms with Crippen LogP contribution >= 0.6 is 0 Å². The van der Waals surface area contributed by atoms with Crippen molar-refractivity contribution >= 4 is 6.08 Å². The Morgan fingerprint density at radius 2 is 1.58 bits per heavy atom. The summed E-state index contributed by atoms with van der Waals surface area (Å²) in [6.45, 7) is 4.36. The molecule has 0 saturated heterocycles. The van der Waals surface area contributed by atoms with Gasteiger partial charge < -0.3 is 5.32 Å². The lowest BCUT2D eigenvalue weighted by molar-refractivity contribution is -0.139. The van der Waals surface area contributed by atoms with E-state index in [-0.39, 0.29) is 5.56 Å². The molecule has 2 aromatic rings. The van der Waals surface area contributed by atoms with Gasteiger partial charge in [0.2, 0.25) is 0 Å². The second-order valence-electron chi connectivity index (χ2n) is 6.07. The van der Waals surface area contributed by atoms with Crippen molar-refractivity contribution in [2.24, 2.45) is 0 Å². The Balaban J connectivity index is 2.29. The van der Waals surface area contributed by atoms with Crippen LogP contribution in [-0.2, 0) is 6.54 Å². The third-order valence-corrected chi connectivity index (χ3v) is 3.80. The number of benzene rings is 2. The van der Waals surface area contributed by atoms with Crippen LogP contribution in [0.25, 0.3) is 6.08 Å². The molecule has 1 unspecified atom stereocenters. The van der Waals surface area contributed by atoms with Gasteiger partial charge in [-0.15, -0.1) is 0 Å². The zero-order chi connectivity index (χ0) is 17.7.